The molecule has 1 fully saturated rings. The second-order valence-corrected chi connectivity index (χ2v) is 5.93. The second kappa shape index (κ2) is 5.16. The summed E-state index contributed by atoms with van der Waals surface area (Å²) in [7, 11) is -0.503. The minimum Gasteiger partial charge on any atom is -0.505 e. The van der Waals surface area contributed by atoms with Gasteiger partial charge in [0.2, 0.25) is 0 Å². The van der Waals surface area contributed by atoms with Crippen molar-refractivity contribution in [2.75, 3.05) is 0 Å². The third-order valence-electron chi connectivity index (χ3n) is 3.81. The number of hydrogen-bond donors (Lipinski definition) is 2. The van der Waals surface area contributed by atoms with Gasteiger partial charge in [0.25, 0.3) is 0 Å². The zero-order valence-electron chi connectivity index (χ0n) is 12.5. The molecule has 1 aromatic rings. The Balaban J connectivity index is 2.13. The number of carboxylic acid groups (broad SMARTS) is 1. The van der Waals surface area contributed by atoms with Crippen molar-refractivity contribution >= 4 is 19.2 Å². The molecule has 112 valence electrons. The van der Waals surface area contributed by atoms with Crippen LogP contribution in [-0.2, 0) is 9.31 Å². The number of carboxylic acids is 1. The van der Waals surface area contributed by atoms with Crippen LogP contribution in [0.5, 0.6) is 5.75 Å². The summed E-state index contributed by atoms with van der Waals surface area (Å²) in [6.07, 6.45) is 3.03. The lowest BCUT2D eigenvalue weighted by Crippen LogP contribution is -2.41. The maximum atomic E-state index is 10.8. The topological polar surface area (TPSA) is 88.9 Å². The molecule has 2 rings (SSSR count). The maximum Gasteiger partial charge on any atom is 0.487 e. The molecule has 7 heteroatoms. The largest absolute Gasteiger partial charge is 0.505 e. The Labute approximate surface area is 123 Å². The second-order valence-electron chi connectivity index (χ2n) is 5.93. The van der Waals surface area contributed by atoms with Gasteiger partial charge < -0.3 is 19.5 Å². The summed E-state index contributed by atoms with van der Waals surface area (Å²) in [6, 6.07) is 1.33. The van der Waals surface area contributed by atoms with Gasteiger partial charge in [0.05, 0.1) is 11.2 Å². The van der Waals surface area contributed by atoms with Crippen molar-refractivity contribution in [2.45, 2.75) is 38.9 Å². The molecule has 1 saturated heterocycles. The fourth-order valence-corrected chi connectivity index (χ4v) is 1.88. The number of carbonyl (C=O) groups is 1. The summed E-state index contributed by atoms with van der Waals surface area (Å²) in [4.78, 5) is 14.5. The normalized spacial score (nSPS) is 20.1. The summed E-state index contributed by atoms with van der Waals surface area (Å²) >= 11 is 0. The molecule has 2 heterocycles. The van der Waals surface area contributed by atoms with Crippen molar-refractivity contribution < 1.29 is 24.3 Å². The van der Waals surface area contributed by atoms with Gasteiger partial charge in [-0.2, -0.15) is 0 Å². The molecule has 0 atom stereocenters. The van der Waals surface area contributed by atoms with E-state index >= 15 is 0 Å². The molecule has 0 aromatic carbocycles. The van der Waals surface area contributed by atoms with Crippen LogP contribution in [0.4, 0.5) is 0 Å². The van der Waals surface area contributed by atoms with Crippen LogP contribution in [0.15, 0.2) is 18.2 Å². The van der Waals surface area contributed by atoms with E-state index in [9.17, 15) is 9.90 Å². The highest BCUT2D eigenvalue weighted by Gasteiger charge is 2.49. The summed E-state index contributed by atoms with van der Waals surface area (Å²) in [5.41, 5.74) is -0.652. The van der Waals surface area contributed by atoms with E-state index in [0.29, 0.717) is 5.56 Å². The number of aromatic carboxylic acids is 1. The number of rotatable bonds is 3. The van der Waals surface area contributed by atoms with Crippen molar-refractivity contribution in [1.29, 1.82) is 0 Å². The average molecular weight is 291 g/mol. The molecule has 0 aliphatic carbocycles. The number of nitrogens with zero attached hydrogens (tertiary/aromatic N) is 1. The molecular formula is C14H18BNO5. The third-order valence-corrected chi connectivity index (χ3v) is 3.81. The van der Waals surface area contributed by atoms with E-state index in [1.165, 1.54) is 12.3 Å². The first-order valence-corrected chi connectivity index (χ1v) is 6.58. The highest BCUT2D eigenvalue weighted by molar-refractivity contribution is 6.52. The van der Waals surface area contributed by atoms with E-state index in [-0.39, 0.29) is 11.4 Å². The Hall–Kier alpha value is -1.86. The molecule has 0 unspecified atom stereocenters. The molecule has 2 N–H and O–H groups in total. The Morgan fingerprint density at radius 2 is 1.86 bits per heavy atom. The quantitative estimate of drug-likeness (QED) is 0.829. The van der Waals surface area contributed by atoms with Crippen LogP contribution in [0.3, 0.4) is 0 Å². The summed E-state index contributed by atoms with van der Waals surface area (Å²) in [5.74, 6) is 0.0560. The number of aromatic nitrogens is 1. The summed E-state index contributed by atoms with van der Waals surface area (Å²) < 4.78 is 11.6. The van der Waals surface area contributed by atoms with Crippen molar-refractivity contribution in [1.82, 2.24) is 4.98 Å². The standard InChI is InChI=1S/C14H18BNO5/c1-13(2)14(3,4)21-15(20-13)6-5-9-7-10(17)11(12(18)19)16-8-9/h5-8,17H,1-4H3,(H,18,19)/b6-5+. The van der Waals surface area contributed by atoms with Gasteiger partial charge in [0.1, 0.15) is 5.75 Å². The predicted molar refractivity (Wildman–Crippen MR) is 78.0 cm³/mol. The number of aromatic hydroxyl groups is 1. The molecule has 6 nitrogen and oxygen atoms in total. The van der Waals surface area contributed by atoms with Gasteiger partial charge in [-0.15, -0.1) is 0 Å². The van der Waals surface area contributed by atoms with Gasteiger partial charge in [-0.3, -0.25) is 0 Å². The Morgan fingerprint density at radius 1 is 1.29 bits per heavy atom. The lowest BCUT2D eigenvalue weighted by molar-refractivity contribution is 0.00578. The van der Waals surface area contributed by atoms with E-state index in [2.05, 4.69) is 4.98 Å². The summed E-state index contributed by atoms with van der Waals surface area (Å²) in [6.45, 7) is 7.82. The van der Waals surface area contributed by atoms with Crippen molar-refractivity contribution in [2.24, 2.45) is 0 Å². The average Bonchev–Trinajstić information content (AvgIpc) is 2.55. The Bertz CT molecular complexity index is 581. The highest BCUT2D eigenvalue weighted by atomic mass is 16.7. The highest BCUT2D eigenvalue weighted by Crippen LogP contribution is 2.37. The van der Waals surface area contributed by atoms with Crippen molar-refractivity contribution in [3.05, 3.63) is 29.5 Å². The minimum absolute atomic E-state index is 0.372. The molecule has 0 bridgehead atoms. The lowest BCUT2D eigenvalue weighted by atomic mass is 9.89. The first kappa shape index (κ1) is 15.5. The number of pyridine rings is 1. The molecule has 0 radical (unpaired) electrons. The van der Waals surface area contributed by atoms with Crippen molar-refractivity contribution in [3.8, 4) is 5.75 Å². The van der Waals surface area contributed by atoms with Crippen LogP contribution < -0.4 is 0 Å². The molecule has 0 amide bonds. The van der Waals surface area contributed by atoms with E-state index in [0.717, 1.165) is 0 Å². The van der Waals surface area contributed by atoms with Gasteiger partial charge in [-0.25, -0.2) is 9.78 Å². The van der Waals surface area contributed by atoms with Gasteiger partial charge >= 0.3 is 13.1 Å². The first-order chi connectivity index (χ1) is 9.62. The monoisotopic (exact) mass is 291 g/mol. The Kier molecular flexibility index (Phi) is 3.82. The predicted octanol–water partition coefficient (Wildman–Crippen LogP) is 2.13. The van der Waals surface area contributed by atoms with Crippen LogP contribution in [0.2, 0.25) is 0 Å². The van der Waals surface area contributed by atoms with Gasteiger partial charge in [-0.05, 0) is 39.3 Å². The van der Waals surface area contributed by atoms with Gasteiger partial charge in [-0.1, -0.05) is 12.1 Å². The van der Waals surface area contributed by atoms with Crippen LogP contribution in [-0.4, -0.2) is 39.5 Å². The molecule has 21 heavy (non-hydrogen) atoms. The zero-order chi connectivity index (χ0) is 15.8. The van der Waals surface area contributed by atoms with Crippen molar-refractivity contribution in [3.63, 3.8) is 0 Å². The summed E-state index contributed by atoms with van der Waals surface area (Å²) in [5, 5.41) is 18.4. The molecule has 0 saturated carbocycles. The SMILES string of the molecule is CC1(C)OB(/C=C/c2cnc(C(=O)O)c(O)c2)OC1(C)C. The lowest BCUT2D eigenvalue weighted by Gasteiger charge is -2.32. The molecule has 1 aromatic heterocycles. The van der Waals surface area contributed by atoms with Gasteiger partial charge in [0, 0.05) is 6.20 Å². The van der Waals surface area contributed by atoms with Crippen LogP contribution in [0.25, 0.3) is 6.08 Å². The first-order valence-electron chi connectivity index (χ1n) is 6.58. The van der Waals surface area contributed by atoms with Crippen LogP contribution in [0.1, 0.15) is 43.7 Å². The molecule has 1 aliphatic rings. The zero-order valence-corrected chi connectivity index (χ0v) is 12.5. The maximum absolute atomic E-state index is 10.8. The van der Waals surface area contributed by atoms with Gasteiger partial charge in [0.15, 0.2) is 5.69 Å². The fourth-order valence-electron chi connectivity index (χ4n) is 1.88. The molecule has 0 spiro atoms. The van der Waals surface area contributed by atoms with Crippen LogP contribution >= 0.6 is 0 Å². The van der Waals surface area contributed by atoms with Crippen LogP contribution in [0, 0.1) is 0 Å². The van der Waals surface area contributed by atoms with E-state index in [4.69, 9.17) is 14.4 Å². The minimum atomic E-state index is -1.27. The third kappa shape index (κ3) is 3.09. The number of hydrogen-bond acceptors (Lipinski definition) is 5. The smallest absolute Gasteiger partial charge is 0.487 e. The Morgan fingerprint density at radius 3 is 2.33 bits per heavy atom. The van der Waals surface area contributed by atoms with E-state index < -0.39 is 24.3 Å². The molecule has 1 aliphatic heterocycles. The van der Waals surface area contributed by atoms with E-state index in [1.54, 1.807) is 12.1 Å². The molecular weight excluding hydrogens is 273 g/mol. The fraction of sp³-hybridized carbons (Fsp3) is 0.429. The van der Waals surface area contributed by atoms with E-state index in [1.807, 2.05) is 27.7 Å².